The predicted octanol–water partition coefficient (Wildman–Crippen LogP) is 5.11. The summed E-state index contributed by atoms with van der Waals surface area (Å²) >= 11 is 9.18. The third-order valence-corrected chi connectivity index (χ3v) is 3.42. The van der Waals surface area contributed by atoms with E-state index in [1.54, 1.807) is 36.4 Å². The molecule has 0 unspecified atom stereocenters. The molecule has 5 heteroatoms. The van der Waals surface area contributed by atoms with Crippen molar-refractivity contribution in [3.63, 3.8) is 0 Å². The van der Waals surface area contributed by atoms with Gasteiger partial charge in [-0.15, -0.1) is 0 Å². The molecule has 0 heterocycles. The Bertz CT molecular complexity index is 656. The molecule has 2 aromatic rings. The second-order valence-electron chi connectivity index (χ2n) is 4.63. The SMILES string of the molecule is CC(C)Oc1ccccc1C(=O)Oc1ccc(Cl)cc1Br. The summed E-state index contributed by atoms with van der Waals surface area (Å²) in [4.78, 5) is 12.3. The molecule has 0 saturated heterocycles. The number of rotatable bonds is 4. The minimum absolute atomic E-state index is 0.0266. The van der Waals surface area contributed by atoms with Crippen molar-refractivity contribution in [2.24, 2.45) is 0 Å². The Balaban J connectivity index is 2.24. The second kappa shape index (κ2) is 6.96. The molecule has 0 atom stereocenters. The van der Waals surface area contributed by atoms with E-state index in [1.807, 2.05) is 19.9 Å². The highest BCUT2D eigenvalue weighted by Crippen LogP contribution is 2.29. The summed E-state index contributed by atoms with van der Waals surface area (Å²) in [5.41, 5.74) is 0.382. The number of carbonyl (C=O) groups is 1. The third-order valence-electron chi connectivity index (χ3n) is 2.57. The molecule has 0 amide bonds. The topological polar surface area (TPSA) is 35.5 Å². The summed E-state index contributed by atoms with van der Waals surface area (Å²) in [7, 11) is 0. The number of para-hydroxylation sites is 1. The van der Waals surface area contributed by atoms with Crippen molar-refractivity contribution in [1.29, 1.82) is 0 Å². The Hall–Kier alpha value is -1.52. The van der Waals surface area contributed by atoms with Gasteiger partial charge in [0.25, 0.3) is 0 Å². The molecule has 0 aliphatic carbocycles. The van der Waals surface area contributed by atoms with Gasteiger partial charge in [0.2, 0.25) is 0 Å². The molecule has 0 saturated carbocycles. The van der Waals surface area contributed by atoms with E-state index in [1.165, 1.54) is 0 Å². The van der Waals surface area contributed by atoms with Crippen molar-refractivity contribution in [2.45, 2.75) is 20.0 Å². The van der Waals surface area contributed by atoms with Gasteiger partial charge in [0.05, 0.1) is 10.6 Å². The average molecular weight is 370 g/mol. The van der Waals surface area contributed by atoms with Gasteiger partial charge in [-0.3, -0.25) is 0 Å². The predicted molar refractivity (Wildman–Crippen MR) is 86.3 cm³/mol. The van der Waals surface area contributed by atoms with Crippen LogP contribution in [0.1, 0.15) is 24.2 Å². The first kappa shape index (κ1) is 15.9. The van der Waals surface area contributed by atoms with Gasteiger partial charge in [-0.1, -0.05) is 23.7 Å². The van der Waals surface area contributed by atoms with Crippen LogP contribution in [0, 0.1) is 0 Å². The zero-order valence-electron chi connectivity index (χ0n) is 11.6. The van der Waals surface area contributed by atoms with Crippen LogP contribution in [0.3, 0.4) is 0 Å². The fourth-order valence-electron chi connectivity index (χ4n) is 1.70. The highest BCUT2D eigenvalue weighted by Gasteiger charge is 2.16. The summed E-state index contributed by atoms with van der Waals surface area (Å²) < 4.78 is 11.6. The maximum Gasteiger partial charge on any atom is 0.347 e. The van der Waals surface area contributed by atoms with Crippen LogP contribution in [-0.4, -0.2) is 12.1 Å². The largest absolute Gasteiger partial charge is 0.490 e. The lowest BCUT2D eigenvalue weighted by Gasteiger charge is -2.13. The molecular weight excluding hydrogens is 356 g/mol. The number of ether oxygens (including phenoxy) is 2. The number of esters is 1. The molecule has 0 fully saturated rings. The van der Waals surface area contributed by atoms with Crippen molar-refractivity contribution in [2.75, 3.05) is 0 Å². The van der Waals surface area contributed by atoms with Crippen molar-refractivity contribution in [1.82, 2.24) is 0 Å². The molecule has 21 heavy (non-hydrogen) atoms. The van der Waals surface area contributed by atoms with E-state index in [2.05, 4.69) is 15.9 Å². The first-order valence-corrected chi connectivity index (χ1v) is 7.57. The van der Waals surface area contributed by atoms with E-state index < -0.39 is 5.97 Å². The molecule has 0 radical (unpaired) electrons. The third kappa shape index (κ3) is 4.22. The van der Waals surface area contributed by atoms with Crippen LogP contribution < -0.4 is 9.47 Å². The van der Waals surface area contributed by atoms with Gasteiger partial charge >= 0.3 is 5.97 Å². The van der Waals surface area contributed by atoms with Crippen LogP contribution >= 0.6 is 27.5 Å². The van der Waals surface area contributed by atoms with Crippen LogP contribution in [-0.2, 0) is 0 Å². The quantitative estimate of drug-likeness (QED) is 0.555. The molecule has 0 spiro atoms. The van der Waals surface area contributed by atoms with Gasteiger partial charge in [-0.2, -0.15) is 0 Å². The fourth-order valence-corrected chi connectivity index (χ4v) is 2.47. The Kier molecular flexibility index (Phi) is 5.26. The van der Waals surface area contributed by atoms with Crippen LogP contribution in [0.5, 0.6) is 11.5 Å². The average Bonchev–Trinajstić information content (AvgIpc) is 2.42. The fraction of sp³-hybridized carbons (Fsp3) is 0.188. The molecule has 2 rings (SSSR count). The summed E-state index contributed by atoms with van der Waals surface area (Å²) in [6.07, 6.45) is -0.0266. The van der Waals surface area contributed by atoms with Crippen molar-refractivity contribution < 1.29 is 14.3 Å². The molecule has 3 nitrogen and oxygen atoms in total. The Labute approximate surface area is 137 Å². The smallest absolute Gasteiger partial charge is 0.347 e. The lowest BCUT2D eigenvalue weighted by atomic mass is 10.2. The van der Waals surface area contributed by atoms with Crippen LogP contribution in [0.2, 0.25) is 5.02 Å². The van der Waals surface area contributed by atoms with Crippen molar-refractivity contribution >= 4 is 33.5 Å². The van der Waals surface area contributed by atoms with Gasteiger partial charge in [0, 0.05) is 5.02 Å². The van der Waals surface area contributed by atoms with E-state index in [-0.39, 0.29) is 6.10 Å². The first-order chi connectivity index (χ1) is 9.97. The molecule has 0 aliphatic heterocycles. The van der Waals surface area contributed by atoms with E-state index in [0.29, 0.717) is 26.6 Å². The van der Waals surface area contributed by atoms with Crippen LogP contribution in [0.15, 0.2) is 46.9 Å². The van der Waals surface area contributed by atoms with E-state index in [4.69, 9.17) is 21.1 Å². The molecule has 0 N–H and O–H groups in total. The zero-order chi connectivity index (χ0) is 15.4. The Morgan fingerprint density at radius 1 is 1.14 bits per heavy atom. The normalized spacial score (nSPS) is 10.5. The summed E-state index contributed by atoms with van der Waals surface area (Å²) in [6.45, 7) is 3.80. The van der Waals surface area contributed by atoms with E-state index in [0.717, 1.165) is 0 Å². The molecule has 0 aliphatic rings. The minimum atomic E-state index is -0.478. The Morgan fingerprint density at radius 2 is 1.86 bits per heavy atom. The maximum atomic E-state index is 12.3. The van der Waals surface area contributed by atoms with Crippen molar-refractivity contribution in [3.05, 3.63) is 57.5 Å². The molecule has 110 valence electrons. The number of hydrogen-bond acceptors (Lipinski definition) is 3. The van der Waals surface area contributed by atoms with Crippen LogP contribution in [0.4, 0.5) is 0 Å². The lowest BCUT2D eigenvalue weighted by molar-refractivity contribution is 0.0727. The minimum Gasteiger partial charge on any atom is -0.490 e. The second-order valence-corrected chi connectivity index (χ2v) is 5.92. The lowest BCUT2D eigenvalue weighted by Crippen LogP contribution is -2.13. The summed E-state index contributed by atoms with van der Waals surface area (Å²) in [5, 5.41) is 0.560. The molecule has 0 bridgehead atoms. The maximum absolute atomic E-state index is 12.3. The number of carbonyl (C=O) groups excluding carboxylic acids is 1. The number of benzene rings is 2. The van der Waals surface area contributed by atoms with Gasteiger partial charge in [-0.25, -0.2) is 4.79 Å². The van der Waals surface area contributed by atoms with Gasteiger partial charge in [0.15, 0.2) is 0 Å². The first-order valence-electron chi connectivity index (χ1n) is 6.40. The highest BCUT2D eigenvalue weighted by molar-refractivity contribution is 9.10. The van der Waals surface area contributed by atoms with E-state index in [9.17, 15) is 4.79 Å². The monoisotopic (exact) mass is 368 g/mol. The van der Waals surface area contributed by atoms with Gasteiger partial charge in [-0.05, 0) is 60.1 Å². The summed E-state index contributed by atoms with van der Waals surface area (Å²) in [6, 6.07) is 12.0. The highest BCUT2D eigenvalue weighted by atomic mass is 79.9. The molecular formula is C16H14BrClO3. The van der Waals surface area contributed by atoms with Gasteiger partial charge < -0.3 is 9.47 Å². The Morgan fingerprint density at radius 3 is 2.52 bits per heavy atom. The number of halogens is 2. The number of hydrogen-bond donors (Lipinski definition) is 0. The zero-order valence-corrected chi connectivity index (χ0v) is 13.9. The standard InChI is InChI=1S/C16H14BrClO3/c1-10(2)20-14-6-4-3-5-12(14)16(19)21-15-8-7-11(18)9-13(15)17/h3-10H,1-2H3. The van der Waals surface area contributed by atoms with Crippen LogP contribution in [0.25, 0.3) is 0 Å². The van der Waals surface area contributed by atoms with E-state index >= 15 is 0 Å². The molecule has 2 aromatic carbocycles. The van der Waals surface area contributed by atoms with Gasteiger partial charge in [0.1, 0.15) is 17.1 Å². The van der Waals surface area contributed by atoms with Crippen molar-refractivity contribution in [3.8, 4) is 11.5 Å². The summed E-state index contributed by atoms with van der Waals surface area (Å²) in [5.74, 6) is 0.431. The molecule has 0 aromatic heterocycles.